The molecule has 0 spiro atoms. The zero-order chi connectivity index (χ0) is 34.6. The van der Waals surface area contributed by atoms with Crippen LogP contribution >= 0.6 is 0 Å². The van der Waals surface area contributed by atoms with Gasteiger partial charge in [0.15, 0.2) is 18.0 Å². The number of phenolic OH excluding ortho intramolecular Hbond substituents is 2. The second kappa shape index (κ2) is 14.2. The van der Waals surface area contributed by atoms with E-state index in [0.717, 1.165) is 39.8 Å². The molecule has 1 aromatic heterocycles. The molecule has 16 nitrogen and oxygen atoms in total. The van der Waals surface area contributed by atoms with E-state index in [0.29, 0.717) is 0 Å². The Hall–Kier alpha value is -5.64. The maximum Gasteiger partial charge on any atom is 0.308 e. The molecule has 0 bridgehead atoms. The second-order valence-corrected chi connectivity index (χ2v) is 10.2. The van der Waals surface area contributed by atoms with Gasteiger partial charge in [-0.15, -0.1) is 0 Å². The van der Waals surface area contributed by atoms with E-state index in [4.69, 9.17) is 37.6 Å². The average Bonchev–Trinajstić information content (AvgIpc) is 2.95. The number of hydrogen-bond donors (Lipinski definition) is 2. The first-order valence-corrected chi connectivity index (χ1v) is 13.9. The van der Waals surface area contributed by atoms with Crippen molar-refractivity contribution in [1.29, 1.82) is 0 Å². The average molecular weight is 659 g/mol. The van der Waals surface area contributed by atoms with Crippen LogP contribution in [0.1, 0.15) is 34.6 Å². The van der Waals surface area contributed by atoms with E-state index < -0.39 is 95.2 Å². The molecular formula is C31H30O16. The van der Waals surface area contributed by atoms with Crippen molar-refractivity contribution in [2.45, 2.75) is 65.3 Å². The van der Waals surface area contributed by atoms with Gasteiger partial charge in [0.2, 0.25) is 23.6 Å². The summed E-state index contributed by atoms with van der Waals surface area (Å²) >= 11 is 0. The fraction of sp³-hybridized carbons (Fsp3) is 0.355. The van der Waals surface area contributed by atoms with E-state index in [-0.39, 0.29) is 22.7 Å². The molecule has 1 aliphatic heterocycles. The van der Waals surface area contributed by atoms with Crippen LogP contribution in [0, 0.1) is 0 Å². The monoisotopic (exact) mass is 658 g/mol. The first-order chi connectivity index (χ1) is 22.1. The molecular weight excluding hydrogens is 628 g/mol. The van der Waals surface area contributed by atoms with Crippen molar-refractivity contribution in [3.8, 4) is 34.3 Å². The fourth-order valence-electron chi connectivity index (χ4n) is 4.81. The van der Waals surface area contributed by atoms with E-state index in [1.807, 2.05) is 0 Å². The van der Waals surface area contributed by atoms with Crippen molar-refractivity contribution in [2.75, 3.05) is 6.61 Å². The quantitative estimate of drug-likeness (QED) is 0.191. The van der Waals surface area contributed by atoms with Crippen molar-refractivity contribution in [1.82, 2.24) is 0 Å². The van der Waals surface area contributed by atoms with Gasteiger partial charge in [-0.25, -0.2) is 0 Å². The molecule has 1 saturated heterocycles. The van der Waals surface area contributed by atoms with Crippen molar-refractivity contribution in [3.05, 3.63) is 46.6 Å². The van der Waals surface area contributed by atoms with Crippen molar-refractivity contribution < 1.29 is 71.8 Å². The molecule has 16 heteroatoms. The third-order valence-electron chi connectivity index (χ3n) is 6.48. The minimum atomic E-state index is -1.82. The van der Waals surface area contributed by atoms with Gasteiger partial charge < -0.3 is 47.8 Å². The lowest BCUT2D eigenvalue weighted by atomic mass is 9.98. The highest BCUT2D eigenvalue weighted by molar-refractivity contribution is 5.88. The highest BCUT2D eigenvalue weighted by atomic mass is 16.7. The number of phenols is 2. The molecule has 5 unspecified atom stereocenters. The SMILES string of the molecule is CC(=O)OCC1OC(Oc2c(-c3ccc(OC(C)=O)cc3)oc3cc(O)cc(O)c3c2=O)C(OC(C)=O)C(OC(C)=O)C1OC(C)=O. The largest absolute Gasteiger partial charge is 0.508 e. The molecule has 250 valence electrons. The smallest absolute Gasteiger partial charge is 0.308 e. The van der Waals surface area contributed by atoms with E-state index in [1.165, 1.54) is 31.2 Å². The number of fused-ring (bicyclic) bond motifs is 1. The summed E-state index contributed by atoms with van der Waals surface area (Å²) < 4.78 is 44.2. The summed E-state index contributed by atoms with van der Waals surface area (Å²) in [6, 6.07) is 7.56. The molecule has 4 rings (SSSR count). The molecule has 47 heavy (non-hydrogen) atoms. The van der Waals surface area contributed by atoms with Gasteiger partial charge in [-0.3, -0.25) is 28.8 Å². The Balaban J connectivity index is 1.92. The van der Waals surface area contributed by atoms with Gasteiger partial charge >= 0.3 is 29.8 Å². The molecule has 1 aliphatic rings. The summed E-state index contributed by atoms with van der Waals surface area (Å²) in [4.78, 5) is 73.5. The Kier molecular flexibility index (Phi) is 10.3. The molecule has 2 aromatic carbocycles. The molecule has 1 fully saturated rings. The lowest BCUT2D eigenvalue weighted by Crippen LogP contribution is -2.63. The predicted octanol–water partition coefficient (Wildman–Crippen LogP) is 2.26. The standard InChI is InChI=1S/C31H30O16/c1-13(32)40-12-23-27(42-15(3)34)29(43-16(4)35)30(44-17(5)36)31(46-23)47-28-25(39)24-21(38)10-19(37)11-22(24)45-26(28)18-6-8-20(9-7-18)41-14(2)33/h6-11,23,27,29-31,37-38H,12H2,1-5H3. The van der Waals surface area contributed by atoms with Crippen LogP contribution in [0.25, 0.3) is 22.3 Å². The van der Waals surface area contributed by atoms with Gasteiger partial charge in [-0.05, 0) is 24.3 Å². The molecule has 0 aliphatic carbocycles. The van der Waals surface area contributed by atoms with Gasteiger partial charge in [0.1, 0.15) is 40.9 Å². The van der Waals surface area contributed by atoms with Crippen LogP contribution in [0.4, 0.5) is 0 Å². The third-order valence-corrected chi connectivity index (χ3v) is 6.48. The van der Waals surface area contributed by atoms with Gasteiger partial charge in [-0.2, -0.15) is 0 Å². The minimum Gasteiger partial charge on any atom is -0.508 e. The van der Waals surface area contributed by atoms with Crippen LogP contribution < -0.4 is 14.9 Å². The maximum atomic E-state index is 14.0. The third kappa shape index (κ3) is 8.15. The van der Waals surface area contributed by atoms with Crippen molar-refractivity contribution >= 4 is 40.8 Å². The first kappa shape index (κ1) is 34.2. The maximum absolute atomic E-state index is 14.0. The number of aromatic hydroxyl groups is 2. The Morgan fingerprint density at radius 3 is 1.94 bits per heavy atom. The molecule has 0 radical (unpaired) electrons. The number of esters is 5. The fourth-order valence-corrected chi connectivity index (χ4v) is 4.81. The normalized spacial score (nSPS) is 20.5. The topological polar surface area (TPSA) is 221 Å². The lowest BCUT2D eigenvalue weighted by Gasteiger charge is -2.43. The van der Waals surface area contributed by atoms with Crippen molar-refractivity contribution in [3.63, 3.8) is 0 Å². The Morgan fingerprint density at radius 2 is 1.36 bits per heavy atom. The van der Waals surface area contributed by atoms with Crippen LogP contribution in [0.5, 0.6) is 23.0 Å². The molecule has 0 amide bonds. The summed E-state index contributed by atoms with van der Waals surface area (Å²) in [5.41, 5.74) is -1.06. The number of ether oxygens (including phenoxy) is 7. The van der Waals surface area contributed by atoms with Crippen molar-refractivity contribution in [2.24, 2.45) is 0 Å². The zero-order valence-corrected chi connectivity index (χ0v) is 25.7. The Labute approximate surface area is 265 Å². The zero-order valence-electron chi connectivity index (χ0n) is 25.7. The molecule has 3 aromatic rings. The minimum absolute atomic E-state index is 0.154. The molecule has 2 N–H and O–H groups in total. The molecule has 2 heterocycles. The summed E-state index contributed by atoms with van der Waals surface area (Å²) in [6.07, 6.45) is -8.02. The number of hydrogen-bond acceptors (Lipinski definition) is 16. The van der Waals surface area contributed by atoms with E-state index in [9.17, 15) is 39.0 Å². The van der Waals surface area contributed by atoms with E-state index >= 15 is 0 Å². The summed E-state index contributed by atoms with van der Waals surface area (Å²) in [5.74, 6) is -5.82. The van der Waals surface area contributed by atoms with E-state index in [2.05, 4.69) is 0 Å². The summed E-state index contributed by atoms with van der Waals surface area (Å²) in [6.45, 7) is 4.87. The summed E-state index contributed by atoms with van der Waals surface area (Å²) in [5, 5.41) is 20.2. The highest BCUT2D eigenvalue weighted by Gasteiger charge is 2.53. The number of carbonyl (C=O) groups is 5. The first-order valence-electron chi connectivity index (χ1n) is 13.9. The van der Waals surface area contributed by atoms with Gasteiger partial charge in [0.25, 0.3) is 0 Å². The van der Waals surface area contributed by atoms with Gasteiger partial charge in [-0.1, -0.05) is 0 Å². The second-order valence-electron chi connectivity index (χ2n) is 10.2. The van der Waals surface area contributed by atoms with E-state index in [1.54, 1.807) is 0 Å². The van der Waals surface area contributed by atoms with Crippen LogP contribution in [0.3, 0.4) is 0 Å². The molecule has 0 saturated carbocycles. The number of rotatable bonds is 9. The number of carbonyl (C=O) groups excluding carboxylic acids is 5. The lowest BCUT2D eigenvalue weighted by molar-refractivity contribution is -0.288. The van der Waals surface area contributed by atoms with Crippen LogP contribution in [0.15, 0.2) is 45.6 Å². The van der Waals surface area contributed by atoms with Gasteiger partial charge in [0, 0.05) is 52.3 Å². The van der Waals surface area contributed by atoms with Crippen LogP contribution in [0.2, 0.25) is 0 Å². The highest BCUT2D eigenvalue weighted by Crippen LogP contribution is 2.38. The molecule has 5 atom stereocenters. The van der Waals surface area contributed by atoms with Crippen LogP contribution in [-0.2, 0) is 47.7 Å². The number of benzene rings is 2. The predicted molar refractivity (Wildman–Crippen MR) is 155 cm³/mol. The summed E-state index contributed by atoms with van der Waals surface area (Å²) in [7, 11) is 0. The van der Waals surface area contributed by atoms with Gasteiger partial charge in [0.05, 0.1) is 0 Å². The van der Waals surface area contributed by atoms with Crippen LogP contribution in [-0.4, -0.2) is 77.4 Å². The Morgan fingerprint density at radius 1 is 0.766 bits per heavy atom. The Bertz CT molecular complexity index is 1760.